The molecule has 7 heteroatoms. The van der Waals surface area contributed by atoms with Crippen LogP contribution in [0.4, 0.5) is 4.79 Å². The second kappa shape index (κ2) is 25.5. The molecule has 1 aromatic rings. The van der Waals surface area contributed by atoms with Crippen LogP contribution in [0, 0.1) is 23.7 Å². The maximum Gasteiger partial charge on any atom is 0.508 e. The molecule has 0 spiro atoms. The van der Waals surface area contributed by atoms with Gasteiger partial charge in [0.1, 0.15) is 19.8 Å². The normalized spacial score (nSPS) is 14.0. The average molecular weight is 665 g/mol. The van der Waals surface area contributed by atoms with Crippen LogP contribution in [0.3, 0.4) is 0 Å². The predicted octanol–water partition coefficient (Wildman–Crippen LogP) is 11.5. The minimum absolute atomic E-state index is 0.203. The predicted molar refractivity (Wildman–Crippen MR) is 195 cm³/mol. The molecule has 0 heterocycles. The summed E-state index contributed by atoms with van der Waals surface area (Å²) in [7, 11) is 3.19. The molecule has 0 aliphatic heterocycles. The van der Waals surface area contributed by atoms with Crippen LogP contribution in [0.2, 0.25) is 0 Å². The van der Waals surface area contributed by atoms with E-state index in [0.29, 0.717) is 24.0 Å². The molecule has 258 valence electrons. The van der Waals surface area contributed by atoms with Gasteiger partial charge in [-0.2, -0.15) is 0 Å². The van der Waals surface area contributed by atoms with Gasteiger partial charge in [0.05, 0.1) is 5.92 Å². The fourth-order valence-corrected chi connectivity index (χ4v) is 6.88. The second-order valence-electron chi connectivity index (χ2n) is 13.7. The van der Waals surface area contributed by atoms with Crippen LogP contribution in [0.1, 0.15) is 130 Å². The minimum Gasteiger partial charge on any atom is -0.464 e. The molecular formula is C38H64O5S2. The molecule has 0 aliphatic carbocycles. The molecule has 0 radical (unpaired) electrons. The lowest BCUT2D eigenvalue weighted by Gasteiger charge is -2.15. The SMILES string of the molecule is C/C(=C\COC(=O)OCCSSCCOC(=O)[C@@H](C)c1ccc(CC(C)C)cc1)CCC[C@@H](C)CCC[C@@H](C)CCCC(C)C. The van der Waals surface area contributed by atoms with Gasteiger partial charge in [-0.3, -0.25) is 4.79 Å². The van der Waals surface area contributed by atoms with Crippen molar-refractivity contribution < 1.29 is 23.8 Å². The summed E-state index contributed by atoms with van der Waals surface area (Å²) in [6, 6.07) is 8.25. The Morgan fingerprint density at radius 2 is 1.27 bits per heavy atom. The zero-order valence-corrected chi connectivity index (χ0v) is 31.4. The Kier molecular flexibility index (Phi) is 23.5. The number of hydrogen-bond acceptors (Lipinski definition) is 7. The standard InChI is InChI=1S/C38H64O5S2/c1-29(2)12-9-13-31(5)14-10-15-32(6)16-11-17-33(7)22-23-42-38(40)43-25-27-45-44-26-24-41-37(39)34(8)36-20-18-35(19-21-36)28-30(3)4/h18-22,29-32,34H,9-17,23-28H2,1-8H3/b33-22+/t31-,32-,34-/m0/s1. The highest BCUT2D eigenvalue weighted by Gasteiger charge is 2.17. The van der Waals surface area contributed by atoms with Gasteiger partial charge in [0.15, 0.2) is 0 Å². The first-order valence-corrected chi connectivity index (χ1v) is 19.9. The van der Waals surface area contributed by atoms with Gasteiger partial charge in [0.25, 0.3) is 0 Å². The van der Waals surface area contributed by atoms with Crippen LogP contribution in [-0.2, 0) is 25.4 Å². The number of allylic oxidation sites excluding steroid dienone is 1. The second-order valence-corrected chi connectivity index (χ2v) is 16.4. The lowest BCUT2D eigenvalue weighted by Crippen LogP contribution is -2.15. The van der Waals surface area contributed by atoms with Crippen LogP contribution in [0.5, 0.6) is 0 Å². The first-order valence-electron chi connectivity index (χ1n) is 17.4. The number of esters is 1. The Morgan fingerprint density at radius 1 is 0.711 bits per heavy atom. The van der Waals surface area contributed by atoms with Crippen LogP contribution in [0.15, 0.2) is 35.9 Å². The van der Waals surface area contributed by atoms with E-state index in [1.807, 2.05) is 25.1 Å². The monoisotopic (exact) mass is 664 g/mol. The first-order chi connectivity index (χ1) is 21.5. The Bertz CT molecular complexity index is 944. The van der Waals surface area contributed by atoms with Gasteiger partial charge in [-0.15, -0.1) is 0 Å². The fraction of sp³-hybridized carbons (Fsp3) is 0.737. The summed E-state index contributed by atoms with van der Waals surface area (Å²) in [6.07, 6.45) is 14.0. The molecular weight excluding hydrogens is 601 g/mol. The van der Waals surface area contributed by atoms with Crippen LogP contribution in [-0.4, -0.2) is 43.5 Å². The molecule has 0 saturated heterocycles. The smallest absolute Gasteiger partial charge is 0.464 e. The van der Waals surface area contributed by atoms with Crippen LogP contribution >= 0.6 is 21.6 Å². The minimum atomic E-state index is -0.628. The van der Waals surface area contributed by atoms with E-state index in [-0.39, 0.29) is 25.1 Å². The molecule has 0 fully saturated rings. The summed E-state index contributed by atoms with van der Waals surface area (Å²) in [5.74, 6) is 3.90. The summed E-state index contributed by atoms with van der Waals surface area (Å²) in [6.45, 7) is 18.7. The topological polar surface area (TPSA) is 61.8 Å². The Labute approximate surface area is 284 Å². The van der Waals surface area contributed by atoms with E-state index in [4.69, 9.17) is 14.2 Å². The molecule has 3 atom stereocenters. The number of rotatable bonds is 25. The molecule has 1 rings (SSSR count). The van der Waals surface area contributed by atoms with E-state index in [0.717, 1.165) is 36.2 Å². The van der Waals surface area contributed by atoms with Crippen molar-refractivity contribution in [3.63, 3.8) is 0 Å². The van der Waals surface area contributed by atoms with Crippen molar-refractivity contribution in [3.8, 4) is 0 Å². The average Bonchev–Trinajstić information content (AvgIpc) is 2.98. The maximum absolute atomic E-state index is 12.4. The molecule has 0 bridgehead atoms. The summed E-state index contributed by atoms with van der Waals surface area (Å²) < 4.78 is 15.8. The third-order valence-electron chi connectivity index (χ3n) is 8.13. The van der Waals surface area contributed by atoms with Crippen molar-refractivity contribution in [2.75, 3.05) is 31.3 Å². The maximum atomic E-state index is 12.4. The van der Waals surface area contributed by atoms with Crippen molar-refractivity contribution in [1.29, 1.82) is 0 Å². The van der Waals surface area contributed by atoms with Gasteiger partial charge in [0, 0.05) is 11.5 Å². The van der Waals surface area contributed by atoms with E-state index in [2.05, 4.69) is 60.6 Å². The zero-order valence-electron chi connectivity index (χ0n) is 29.7. The van der Waals surface area contributed by atoms with Gasteiger partial charge in [-0.05, 0) is 74.0 Å². The highest BCUT2D eigenvalue weighted by Crippen LogP contribution is 2.23. The third kappa shape index (κ3) is 22.5. The fourth-order valence-electron chi connectivity index (χ4n) is 5.23. The summed E-state index contributed by atoms with van der Waals surface area (Å²) in [4.78, 5) is 24.3. The largest absolute Gasteiger partial charge is 0.508 e. The summed E-state index contributed by atoms with van der Waals surface area (Å²) in [5.41, 5.74) is 3.53. The lowest BCUT2D eigenvalue weighted by atomic mass is 9.91. The van der Waals surface area contributed by atoms with E-state index in [1.54, 1.807) is 21.6 Å². The van der Waals surface area contributed by atoms with E-state index in [1.165, 1.54) is 62.5 Å². The molecule has 0 amide bonds. The van der Waals surface area contributed by atoms with E-state index in [9.17, 15) is 9.59 Å². The molecule has 0 unspecified atom stereocenters. The number of benzene rings is 1. The molecule has 0 saturated carbocycles. The molecule has 1 aromatic carbocycles. The van der Waals surface area contributed by atoms with Crippen molar-refractivity contribution >= 4 is 33.7 Å². The molecule has 45 heavy (non-hydrogen) atoms. The summed E-state index contributed by atoms with van der Waals surface area (Å²) in [5, 5.41) is 0. The van der Waals surface area contributed by atoms with E-state index >= 15 is 0 Å². The van der Waals surface area contributed by atoms with Crippen molar-refractivity contribution in [1.82, 2.24) is 0 Å². The summed E-state index contributed by atoms with van der Waals surface area (Å²) >= 11 is 0. The number of ether oxygens (including phenoxy) is 3. The highest BCUT2D eigenvalue weighted by molar-refractivity contribution is 8.76. The van der Waals surface area contributed by atoms with Crippen molar-refractivity contribution in [2.24, 2.45) is 23.7 Å². The Balaban J connectivity index is 2.02. The van der Waals surface area contributed by atoms with Crippen molar-refractivity contribution in [3.05, 3.63) is 47.0 Å². The lowest BCUT2D eigenvalue weighted by molar-refractivity contribution is -0.144. The quantitative estimate of drug-likeness (QED) is 0.0446. The van der Waals surface area contributed by atoms with Gasteiger partial charge in [-0.1, -0.05) is 138 Å². The van der Waals surface area contributed by atoms with E-state index < -0.39 is 6.16 Å². The van der Waals surface area contributed by atoms with Crippen molar-refractivity contribution in [2.45, 2.75) is 126 Å². The molecule has 0 aliphatic rings. The number of hydrogen-bond donors (Lipinski definition) is 0. The van der Waals surface area contributed by atoms with Gasteiger partial charge >= 0.3 is 12.1 Å². The number of carbonyl (C=O) groups excluding carboxylic acids is 2. The number of carbonyl (C=O) groups is 2. The Morgan fingerprint density at radius 3 is 1.84 bits per heavy atom. The van der Waals surface area contributed by atoms with Gasteiger partial charge in [-0.25, -0.2) is 4.79 Å². The first kappa shape index (κ1) is 41.4. The Hall–Kier alpha value is -1.60. The molecule has 0 N–H and O–H groups in total. The molecule has 5 nitrogen and oxygen atoms in total. The van der Waals surface area contributed by atoms with Crippen LogP contribution < -0.4 is 0 Å². The van der Waals surface area contributed by atoms with Gasteiger partial charge in [0.2, 0.25) is 0 Å². The van der Waals surface area contributed by atoms with Crippen LogP contribution in [0.25, 0.3) is 0 Å². The molecule has 0 aromatic heterocycles. The zero-order chi connectivity index (χ0) is 33.5. The third-order valence-corrected chi connectivity index (χ3v) is 10.5. The highest BCUT2D eigenvalue weighted by atomic mass is 33.1. The van der Waals surface area contributed by atoms with Gasteiger partial charge < -0.3 is 14.2 Å².